The van der Waals surface area contributed by atoms with Crippen LogP contribution in [0.5, 0.6) is 0 Å². The van der Waals surface area contributed by atoms with Crippen molar-refractivity contribution in [3.8, 4) is 5.95 Å². The molecular formula is C28H15N5S. The summed E-state index contributed by atoms with van der Waals surface area (Å²) < 4.78 is 4.80. The number of para-hydroxylation sites is 1. The van der Waals surface area contributed by atoms with Gasteiger partial charge in [0.1, 0.15) is 17.4 Å². The first kappa shape index (κ1) is 18.1. The lowest BCUT2D eigenvalue weighted by Crippen LogP contribution is -2.02. The van der Waals surface area contributed by atoms with Gasteiger partial charge in [-0.05, 0) is 12.1 Å². The van der Waals surface area contributed by atoms with Gasteiger partial charge in [-0.3, -0.25) is 4.57 Å². The van der Waals surface area contributed by atoms with Gasteiger partial charge in [-0.1, -0.05) is 60.7 Å². The Hall–Kier alpha value is -4.42. The summed E-state index contributed by atoms with van der Waals surface area (Å²) in [6.45, 7) is 0. The molecule has 0 saturated carbocycles. The highest BCUT2D eigenvalue weighted by molar-refractivity contribution is 7.26. The number of rotatable bonds is 1. The third-order valence-electron chi connectivity index (χ3n) is 6.62. The van der Waals surface area contributed by atoms with Crippen LogP contribution in [0.2, 0.25) is 0 Å². The number of benzene rings is 4. The van der Waals surface area contributed by atoms with E-state index in [-0.39, 0.29) is 0 Å². The summed E-state index contributed by atoms with van der Waals surface area (Å²) in [4.78, 5) is 18.0. The van der Waals surface area contributed by atoms with E-state index in [4.69, 9.17) is 9.97 Å². The predicted molar refractivity (Wildman–Crippen MR) is 140 cm³/mol. The van der Waals surface area contributed by atoms with Gasteiger partial charge >= 0.3 is 0 Å². The minimum Gasteiger partial charge on any atom is -0.277 e. The Labute approximate surface area is 197 Å². The van der Waals surface area contributed by atoms with E-state index in [0.717, 1.165) is 22.1 Å². The van der Waals surface area contributed by atoms with Crippen LogP contribution < -0.4 is 0 Å². The van der Waals surface area contributed by atoms with Crippen LogP contribution in [0.4, 0.5) is 0 Å². The maximum atomic E-state index is 4.85. The molecule has 0 N–H and O–H groups in total. The molecule has 4 heterocycles. The highest BCUT2D eigenvalue weighted by Crippen LogP contribution is 2.42. The average molecular weight is 454 g/mol. The molecule has 0 saturated heterocycles. The van der Waals surface area contributed by atoms with E-state index in [1.165, 1.54) is 48.0 Å². The zero-order valence-electron chi connectivity index (χ0n) is 17.8. The van der Waals surface area contributed by atoms with Gasteiger partial charge in [0, 0.05) is 41.7 Å². The molecule has 0 radical (unpaired) electrons. The van der Waals surface area contributed by atoms with Crippen LogP contribution in [0.25, 0.3) is 69.7 Å². The van der Waals surface area contributed by atoms with Crippen molar-refractivity contribution in [3.05, 3.63) is 91.5 Å². The third kappa shape index (κ3) is 2.32. The summed E-state index contributed by atoms with van der Waals surface area (Å²) in [6, 6.07) is 26.1. The number of fused-ring (bicyclic) bond motifs is 10. The van der Waals surface area contributed by atoms with E-state index in [2.05, 4.69) is 87.3 Å². The molecule has 158 valence electrons. The normalized spacial score (nSPS) is 12.1. The molecule has 34 heavy (non-hydrogen) atoms. The minimum atomic E-state index is 0.623. The van der Waals surface area contributed by atoms with Crippen molar-refractivity contribution in [1.82, 2.24) is 24.5 Å². The molecule has 0 bridgehead atoms. The molecule has 0 fully saturated rings. The van der Waals surface area contributed by atoms with Crippen LogP contribution in [0, 0.1) is 0 Å². The van der Waals surface area contributed by atoms with E-state index in [1.54, 1.807) is 12.4 Å². The average Bonchev–Trinajstić information content (AvgIpc) is 3.44. The maximum absolute atomic E-state index is 4.85. The molecule has 0 spiro atoms. The molecule has 0 amide bonds. The second-order valence-corrected chi connectivity index (χ2v) is 9.47. The van der Waals surface area contributed by atoms with Gasteiger partial charge in [0.05, 0.1) is 23.4 Å². The van der Waals surface area contributed by atoms with Crippen LogP contribution >= 0.6 is 11.3 Å². The lowest BCUT2D eigenvalue weighted by Gasteiger charge is -2.09. The van der Waals surface area contributed by atoms with Crippen molar-refractivity contribution >= 4 is 75.1 Å². The van der Waals surface area contributed by atoms with Crippen LogP contribution in [-0.4, -0.2) is 24.5 Å². The summed E-state index contributed by atoms with van der Waals surface area (Å²) in [5.74, 6) is 0.623. The Morgan fingerprint density at radius 3 is 2.26 bits per heavy atom. The van der Waals surface area contributed by atoms with Gasteiger partial charge in [-0.15, -0.1) is 11.3 Å². The molecular weight excluding hydrogens is 438 g/mol. The fourth-order valence-corrected chi connectivity index (χ4v) is 6.37. The second kappa shape index (κ2) is 6.56. The van der Waals surface area contributed by atoms with Crippen LogP contribution in [0.15, 0.2) is 91.5 Å². The number of thiophene rings is 1. The first-order valence-corrected chi connectivity index (χ1v) is 11.9. The standard InChI is InChI=1S/C28H15N5S/c1-3-7-24-16(5-1)18-9-12-21-19(10-11-20-17-6-2-4-8-25(17)34-27(20)21)26(18)33(24)28-30-14-22-23(32-28)13-29-15-31-22/h1-15H. The largest absolute Gasteiger partial charge is 0.277 e. The summed E-state index contributed by atoms with van der Waals surface area (Å²) in [6.07, 6.45) is 5.03. The SMILES string of the molecule is c1ccc2c(c1)sc1c2ccc2c1ccc1c3ccccc3n(-c3ncc4ncncc4n3)c21. The van der Waals surface area contributed by atoms with Crippen molar-refractivity contribution in [2.45, 2.75) is 0 Å². The highest BCUT2D eigenvalue weighted by Gasteiger charge is 2.18. The number of hydrogen-bond acceptors (Lipinski definition) is 5. The molecule has 0 aliphatic heterocycles. The van der Waals surface area contributed by atoms with Gasteiger partial charge in [0.2, 0.25) is 5.95 Å². The molecule has 5 nitrogen and oxygen atoms in total. The minimum absolute atomic E-state index is 0.623. The topological polar surface area (TPSA) is 56.5 Å². The van der Waals surface area contributed by atoms with Crippen molar-refractivity contribution in [3.63, 3.8) is 0 Å². The van der Waals surface area contributed by atoms with E-state index in [1.807, 2.05) is 11.3 Å². The van der Waals surface area contributed by atoms with Crippen LogP contribution in [0.1, 0.15) is 0 Å². The first-order chi connectivity index (χ1) is 16.9. The zero-order chi connectivity index (χ0) is 22.2. The van der Waals surface area contributed by atoms with Crippen molar-refractivity contribution < 1.29 is 0 Å². The molecule has 0 aliphatic rings. The molecule has 6 heteroatoms. The van der Waals surface area contributed by atoms with Gasteiger partial charge in [-0.25, -0.2) is 19.9 Å². The Morgan fingerprint density at radius 2 is 1.35 bits per heavy atom. The van der Waals surface area contributed by atoms with Gasteiger partial charge in [-0.2, -0.15) is 0 Å². The Morgan fingerprint density at radius 1 is 0.618 bits per heavy atom. The molecule has 8 rings (SSSR count). The molecule has 0 aliphatic carbocycles. The van der Waals surface area contributed by atoms with E-state index < -0.39 is 0 Å². The summed E-state index contributed by atoms with van der Waals surface area (Å²) in [7, 11) is 0. The van der Waals surface area contributed by atoms with E-state index >= 15 is 0 Å². The smallest absolute Gasteiger partial charge is 0.235 e. The Balaban J connectivity index is 1.57. The van der Waals surface area contributed by atoms with Gasteiger partial charge in [0.25, 0.3) is 0 Å². The number of aromatic nitrogens is 5. The van der Waals surface area contributed by atoms with Crippen LogP contribution in [0.3, 0.4) is 0 Å². The fraction of sp³-hybridized carbons (Fsp3) is 0. The summed E-state index contributed by atoms with van der Waals surface area (Å²) >= 11 is 1.85. The van der Waals surface area contributed by atoms with Gasteiger partial charge < -0.3 is 0 Å². The van der Waals surface area contributed by atoms with E-state index in [9.17, 15) is 0 Å². The number of hydrogen-bond donors (Lipinski definition) is 0. The Bertz CT molecular complexity index is 2090. The quantitative estimate of drug-likeness (QED) is 0.267. The third-order valence-corrected chi connectivity index (χ3v) is 7.84. The molecule has 0 unspecified atom stereocenters. The monoisotopic (exact) mass is 453 g/mol. The zero-order valence-corrected chi connectivity index (χ0v) is 18.6. The van der Waals surface area contributed by atoms with Crippen LogP contribution in [-0.2, 0) is 0 Å². The Kier molecular flexibility index (Phi) is 3.48. The highest BCUT2D eigenvalue weighted by atomic mass is 32.1. The van der Waals surface area contributed by atoms with Crippen molar-refractivity contribution in [2.75, 3.05) is 0 Å². The van der Waals surface area contributed by atoms with Gasteiger partial charge in [0.15, 0.2) is 0 Å². The fourth-order valence-electron chi connectivity index (χ4n) is 5.14. The summed E-state index contributed by atoms with van der Waals surface area (Å²) in [5, 5.41) is 7.43. The molecule has 8 aromatic rings. The molecule has 4 aromatic carbocycles. The maximum Gasteiger partial charge on any atom is 0.235 e. The first-order valence-electron chi connectivity index (χ1n) is 11.1. The predicted octanol–water partition coefficient (Wildman–Crippen LogP) is 7.04. The van der Waals surface area contributed by atoms with Crippen molar-refractivity contribution in [1.29, 1.82) is 0 Å². The molecule has 4 aromatic heterocycles. The van der Waals surface area contributed by atoms with Crippen molar-refractivity contribution in [2.24, 2.45) is 0 Å². The number of nitrogens with zero attached hydrogens (tertiary/aromatic N) is 5. The lowest BCUT2D eigenvalue weighted by molar-refractivity contribution is 1.00. The lowest BCUT2D eigenvalue weighted by atomic mass is 10.0. The summed E-state index contributed by atoms with van der Waals surface area (Å²) in [5.41, 5.74) is 3.66. The second-order valence-electron chi connectivity index (χ2n) is 8.41. The molecule has 0 atom stereocenters. The van der Waals surface area contributed by atoms with E-state index in [0.29, 0.717) is 5.95 Å².